The minimum absolute atomic E-state index is 0.0151. The molecule has 20 heavy (non-hydrogen) atoms. The number of aromatic nitrogens is 1. The first kappa shape index (κ1) is 12.3. The Bertz CT molecular complexity index is 765. The van der Waals surface area contributed by atoms with Gasteiger partial charge in [-0.15, -0.1) is 0 Å². The van der Waals surface area contributed by atoms with Crippen LogP contribution in [0.2, 0.25) is 0 Å². The molecule has 1 aromatic heterocycles. The largest absolute Gasteiger partial charge is 0.384 e. The SMILES string of the molecule is CC1(C)C(=O)Nc2ccc(-c3c[nH]c(N)c3C#N)cc21. The Morgan fingerprint density at radius 3 is 2.80 bits per heavy atom. The molecular formula is C15H14N4O. The predicted octanol–water partition coefficient (Wildman–Crippen LogP) is 2.37. The molecule has 0 fully saturated rings. The van der Waals surface area contributed by atoms with E-state index in [0.29, 0.717) is 11.4 Å². The molecule has 0 saturated heterocycles. The highest BCUT2D eigenvalue weighted by Gasteiger charge is 2.38. The van der Waals surface area contributed by atoms with Gasteiger partial charge in [0.05, 0.1) is 5.41 Å². The number of nitrogens with zero attached hydrogens (tertiary/aromatic N) is 1. The maximum atomic E-state index is 11.9. The minimum Gasteiger partial charge on any atom is -0.384 e. The first-order valence-electron chi connectivity index (χ1n) is 6.28. The average molecular weight is 266 g/mol. The topological polar surface area (TPSA) is 94.7 Å². The van der Waals surface area contributed by atoms with E-state index in [-0.39, 0.29) is 5.91 Å². The molecule has 1 aromatic carbocycles. The number of carbonyl (C=O) groups is 1. The van der Waals surface area contributed by atoms with E-state index in [4.69, 9.17) is 5.73 Å². The average Bonchev–Trinajstić information content (AvgIpc) is 2.89. The molecule has 1 amide bonds. The molecule has 4 N–H and O–H groups in total. The van der Waals surface area contributed by atoms with Crippen molar-refractivity contribution in [3.05, 3.63) is 35.5 Å². The molecule has 0 atom stereocenters. The van der Waals surface area contributed by atoms with Crippen molar-refractivity contribution in [3.8, 4) is 17.2 Å². The fourth-order valence-electron chi connectivity index (χ4n) is 2.53. The van der Waals surface area contributed by atoms with Crippen LogP contribution in [-0.2, 0) is 10.2 Å². The van der Waals surface area contributed by atoms with Crippen LogP contribution in [0.25, 0.3) is 11.1 Å². The van der Waals surface area contributed by atoms with Crippen molar-refractivity contribution in [1.29, 1.82) is 5.26 Å². The number of anilines is 2. The summed E-state index contributed by atoms with van der Waals surface area (Å²) in [7, 11) is 0. The molecule has 0 saturated carbocycles. The summed E-state index contributed by atoms with van der Waals surface area (Å²) >= 11 is 0. The highest BCUT2D eigenvalue weighted by Crippen LogP contribution is 2.40. The van der Waals surface area contributed by atoms with Crippen molar-refractivity contribution < 1.29 is 4.79 Å². The number of nitrogens with two attached hydrogens (primary N) is 1. The van der Waals surface area contributed by atoms with Gasteiger partial charge < -0.3 is 16.0 Å². The van der Waals surface area contributed by atoms with E-state index in [1.54, 1.807) is 6.20 Å². The maximum absolute atomic E-state index is 11.9. The molecule has 0 unspecified atom stereocenters. The van der Waals surface area contributed by atoms with Crippen LogP contribution < -0.4 is 11.1 Å². The van der Waals surface area contributed by atoms with Crippen molar-refractivity contribution in [2.24, 2.45) is 0 Å². The second kappa shape index (κ2) is 3.87. The molecule has 2 heterocycles. The van der Waals surface area contributed by atoms with E-state index < -0.39 is 5.41 Å². The Hall–Kier alpha value is -2.74. The van der Waals surface area contributed by atoms with Gasteiger partial charge in [0.25, 0.3) is 0 Å². The molecular weight excluding hydrogens is 252 g/mol. The summed E-state index contributed by atoms with van der Waals surface area (Å²) < 4.78 is 0. The zero-order valence-corrected chi connectivity index (χ0v) is 11.2. The number of hydrogen-bond acceptors (Lipinski definition) is 3. The Labute approximate surface area is 116 Å². The molecule has 100 valence electrons. The van der Waals surface area contributed by atoms with Crippen LogP contribution >= 0.6 is 0 Å². The van der Waals surface area contributed by atoms with E-state index in [1.807, 2.05) is 32.0 Å². The zero-order valence-electron chi connectivity index (χ0n) is 11.2. The fourth-order valence-corrected chi connectivity index (χ4v) is 2.53. The summed E-state index contributed by atoms with van der Waals surface area (Å²) in [5.41, 5.74) is 8.98. The smallest absolute Gasteiger partial charge is 0.234 e. The first-order chi connectivity index (χ1) is 9.45. The molecule has 5 nitrogen and oxygen atoms in total. The van der Waals surface area contributed by atoms with Crippen LogP contribution in [0, 0.1) is 11.3 Å². The van der Waals surface area contributed by atoms with Gasteiger partial charge in [0.2, 0.25) is 5.91 Å². The van der Waals surface area contributed by atoms with Crippen LogP contribution in [-0.4, -0.2) is 10.9 Å². The number of nitrogen functional groups attached to an aromatic ring is 1. The number of carbonyl (C=O) groups excluding carboxylic acids is 1. The minimum atomic E-state index is -0.569. The van der Waals surface area contributed by atoms with Crippen LogP contribution in [0.4, 0.5) is 11.5 Å². The molecule has 5 heteroatoms. The number of nitriles is 1. The lowest BCUT2D eigenvalue weighted by Gasteiger charge is -2.15. The van der Waals surface area contributed by atoms with Gasteiger partial charge in [0.15, 0.2) is 0 Å². The third kappa shape index (κ3) is 1.51. The van der Waals surface area contributed by atoms with E-state index in [9.17, 15) is 10.1 Å². The second-order valence-electron chi connectivity index (χ2n) is 5.44. The van der Waals surface area contributed by atoms with Crippen molar-refractivity contribution >= 4 is 17.4 Å². The van der Waals surface area contributed by atoms with Crippen molar-refractivity contribution in [2.75, 3.05) is 11.1 Å². The summed E-state index contributed by atoms with van der Waals surface area (Å²) in [5.74, 6) is 0.343. The molecule has 3 rings (SSSR count). The van der Waals surface area contributed by atoms with Crippen molar-refractivity contribution in [3.63, 3.8) is 0 Å². The Balaban J connectivity index is 2.18. The van der Waals surface area contributed by atoms with Crippen molar-refractivity contribution in [2.45, 2.75) is 19.3 Å². The van der Waals surface area contributed by atoms with Crippen LogP contribution in [0.1, 0.15) is 25.0 Å². The van der Waals surface area contributed by atoms with Gasteiger partial charge in [0.1, 0.15) is 17.5 Å². The molecule has 0 spiro atoms. The third-order valence-corrected chi connectivity index (χ3v) is 3.84. The number of aromatic amines is 1. The van der Waals surface area contributed by atoms with Gasteiger partial charge in [-0.05, 0) is 37.1 Å². The molecule has 0 aliphatic carbocycles. The van der Waals surface area contributed by atoms with Crippen LogP contribution in [0.3, 0.4) is 0 Å². The normalized spacial score (nSPS) is 15.6. The van der Waals surface area contributed by atoms with Crippen molar-refractivity contribution in [1.82, 2.24) is 4.98 Å². The number of nitrogens with one attached hydrogen (secondary N) is 2. The quantitative estimate of drug-likeness (QED) is 0.739. The first-order valence-corrected chi connectivity index (χ1v) is 6.28. The number of H-pyrrole nitrogens is 1. The number of amides is 1. The lowest BCUT2D eigenvalue weighted by molar-refractivity contribution is -0.119. The van der Waals surface area contributed by atoms with Gasteiger partial charge in [-0.3, -0.25) is 4.79 Å². The van der Waals surface area contributed by atoms with E-state index >= 15 is 0 Å². The Morgan fingerprint density at radius 1 is 1.35 bits per heavy atom. The summed E-state index contributed by atoms with van der Waals surface area (Å²) in [6.45, 7) is 3.77. The summed E-state index contributed by atoms with van der Waals surface area (Å²) in [4.78, 5) is 14.8. The number of benzene rings is 1. The van der Waals surface area contributed by atoms with Gasteiger partial charge >= 0.3 is 0 Å². The van der Waals surface area contributed by atoms with Gasteiger partial charge in [-0.1, -0.05) is 6.07 Å². The molecule has 0 radical (unpaired) electrons. The lowest BCUT2D eigenvalue weighted by atomic mass is 9.84. The molecule has 1 aliphatic rings. The summed E-state index contributed by atoms with van der Waals surface area (Å²) in [5, 5.41) is 12.0. The molecule has 0 bridgehead atoms. The van der Waals surface area contributed by atoms with Gasteiger partial charge in [-0.25, -0.2) is 0 Å². The van der Waals surface area contributed by atoms with E-state index in [1.165, 1.54) is 0 Å². The predicted molar refractivity (Wildman–Crippen MR) is 77.0 cm³/mol. The standard InChI is InChI=1S/C15H14N4O/c1-15(2)11-5-8(3-4-12(11)19-14(15)20)10-7-18-13(17)9(10)6-16/h3-5,7,18H,17H2,1-2H3,(H,19,20). The Morgan fingerprint density at radius 2 is 2.10 bits per heavy atom. The monoisotopic (exact) mass is 266 g/mol. The van der Waals surface area contributed by atoms with E-state index in [0.717, 1.165) is 22.4 Å². The van der Waals surface area contributed by atoms with Crippen LogP contribution in [0.15, 0.2) is 24.4 Å². The van der Waals surface area contributed by atoms with Crippen LogP contribution in [0.5, 0.6) is 0 Å². The maximum Gasteiger partial charge on any atom is 0.234 e. The number of fused-ring (bicyclic) bond motifs is 1. The van der Waals surface area contributed by atoms with E-state index in [2.05, 4.69) is 16.4 Å². The number of hydrogen-bond donors (Lipinski definition) is 3. The summed E-state index contributed by atoms with van der Waals surface area (Å²) in [6, 6.07) is 7.78. The summed E-state index contributed by atoms with van der Waals surface area (Å²) in [6.07, 6.45) is 1.72. The second-order valence-corrected chi connectivity index (χ2v) is 5.44. The third-order valence-electron chi connectivity index (χ3n) is 3.84. The fraction of sp³-hybridized carbons (Fsp3) is 0.200. The van der Waals surface area contributed by atoms with Gasteiger partial charge in [0, 0.05) is 17.4 Å². The number of rotatable bonds is 1. The highest BCUT2D eigenvalue weighted by molar-refractivity contribution is 6.06. The molecule has 2 aromatic rings. The Kier molecular flexibility index (Phi) is 2.38. The zero-order chi connectivity index (χ0) is 14.5. The molecule has 1 aliphatic heterocycles. The van der Waals surface area contributed by atoms with Gasteiger partial charge in [-0.2, -0.15) is 5.26 Å². The lowest BCUT2D eigenvalue weighted by Crippen LogP contribution is -2.26. The highest BCUT2D eigenvalue weighted by atomic mass is 16.2.